The SMILES string of the molecule is C[Si](C)(C)OC(=O)C1(Cl)CS[C@@H]2C(N)C(=O)N2C1. The summed E-state index contributed by atoms with van der Waals surface area (Å²) in [5.41, 5.74) is 5.68. The number of carbonyl (C=O) groups excluding carboxylic acids is 2. The molecule has 3 atom stereocenters. The van der Waals surface area contributed by atoms with E-state index in [1.807, 2.05) is 19.6 Å². The number of hydrogen-bond donors (Lipinski definition) is 1. The molecule has 8 heteroatoms. The second kappa shape index (κ2) is 4.40. The molecule has 0 aliphatic carbocycles. The van der Waals surface area contributed by atoms with Crippen LogP contribution in [0.3, 0.4) is 0 Å². The summed E-state index contributed by atoms with van der Waals surface area (Å²) in [5, 5.41) is -0.0379. The van der Waals surface area contributed by atoms with Crippen LogP contribution in [0.25, 0.3) is 0 Å². The molecule has 2 N–H and O–H groups in total. The normalized spacial score (nSPS) is 35.8. The molecule has 0 aromatic carbocycles. The molecule has 0 aromatic rings. The van der Waals surface area contributed by atoms with Crippen molar-refractivity contribution in [1.82, 2.24) is 4.90 Å². The highest BCUT2D eigenvalue weighted by Crippen LogP contribution is 2.40. The number of carbonyl (C=O) groups is 2. The summed E-state index contributed by atoms with van der Waals surface area (Å²) >= 11 is 7.78. The summed E-state index contributed by atoms with van der Waals surface area (Å²) in [6.45, 7) is 5.97. The average Bonchev–Trinajstić information content (AvgIpc) is 2.25. The molecule has 0 aromatic heterocycles. The summed E-state index contributed by atoms with van der Waals surface area (Å²) < 4.78 is 5.44. The fourth-order valence-electron chi connectivity index (χ4n) is 1.94. The zero-order chi connectivity index (χ0) is 13.7. The van der Waals surface area contributed by atoms with E-state index in [9.17, 15) is 9.59 Å². The first-order chi connectivity index (χ1) is 8.14. The van der Waals surface area contributed by atoms with Crippen molar-refractivity contribution in [1.29, 1.82) is 0 Å². The Kier molecular flexibility index (Phi) is 3.46. The van der Waals surface area contributed by atoms with Crippen molar-refractivity contribution in [3.63, 3.8) is 0 Å². The molecule has 2 aliphatic heterocycles. The molecule has 0 bridgehead atoms. The number of nitrogens with zero attached hydrogens (tertiary/aromatic N) is 1. The molecule has 5 nitrogen and oxygen atoms in total. The summed E-state index contributed by atoms with van der Waals surface area (Å²) in [5.74, 6) is -0.124. The lowest BCUT2D eigenvalue weighted by molar-refractivity contribution is -0.148. The summed E-state index contributed by atoms with van der Waals surface area (Å²) in [7, 11) is -1.97. The van der Waals surface area contributed by atoms with Crippen molar-refractivity contribution in [2.45, 2.75) is 35.9 Å². The first kappa shape index (κ1) is 14.2. The molecule has 1 amide bonds. The molecule has 18 heavy (non-hydrogen) atoms. The largest absolute Gasteiger partial charge is 0.519 e. The third-order valence-corrected chi connectivity index (χ3v) is 5.76. The quantitative estimate of drug-likeness (QED) is 0.459. The fourth-order valence-corrected chi connectivity index (χ4v) is 4.44. The van der Waals surface area contributed by atoms with Crippen LogP contribution in [0.4, 0.5) is 0 Å². The third kappa shape index (κ3) is 2.41. The topological polar surface area (TPSA) is 72.6 Å². The molecular formula is C10H17ClN2O3SSi. The Hall–Kier alpha value is -0.243. The average molecular weight is 309 g/mol. The molecule has 0 spiro atoms. The van der Waals surface area contributed by atoms with E-state index in [2.05, 4.69) is 0 Å². The Labute approximate surface area is 116 Å². The first-order valence-electron chi connectivity index (χ1n) is 5.74. The molecule has 2 saturated heterocycles. The maximum absolute atomic E-state index is 12.1. The molecule has 2 heterocycles. The van der Waals surface area contributed by atoms with E-state index in [0.717, 1.165) is 0 Å². The van der Waals surface area contributed by atoms with Crippen molar-refractivity contribution >= 4 is 43.6 Å². The number of thioether (sulfide) groups is 1. The van der Waals surface area contributed by atoms with Crippen molar-refractivity contribution in [2.75, 3.05) is 12.3 Å². The van der Waals surface area contributed by atoms with Gasteiger partial charge in [0, 0.05) is 5.75 Å². The smallest absolute Gasteiger partial charge is 0.316 e. The Morgan fingerprint density at radius 1 is 1.61 bits per heavy atom. The zero-order valence-electron chi connectivity index (χ0n) is 10.6. The second-order valence-corrected chi connectivity index (χ2v) is 11.9. The minimum absolute atomic E-state index is 0.0379. The van der Waals surface area contributed by atoms with E-state index in [0.29, 0.717) is 5.75 Å². The monoisotopic (exact) mass is 308 g/mol. The number of β-lactam (4-membered cyclic amide) rings is 1. The molecule has 2 aliphatic rings. The molecule has 2 unspecified atom stereocenters. The molecular weight excluding hydrogens is 292 g/mol. The Bertz CT molecular complexity index is 403. The Balaban J connectivity index is 2.05. The minimum atomic E-state index is -1.97. The molecule has 0 radical (unpaired) electrons. The number of hydrogen-bond acceptors (Lipinski definition) is 5. The maximum atomic E-state index is 12.1. The zero-order valence-corrected chi connectivity index (χ0v) is 13.2. The van der Waals surface area contributed by atoms with Gasteiger partial charge in [0.1, 0.15) is 11.4 Å². The predicted octanol–water partition coefficient (Wildman–Crippen LogP) is 0.584. The molecule has 0 saturated carbocycles. The van der Waals surface area contributed by atoms with Gasteiger partial charge in [-0.2, -0.15) is 0 Å². The summed E-state index contributed by atoms with van der Waals surface area (Å²) in [4.78, 5) is 24.1. The number of amides is 1. The van der Waals surface area contributed by atoms with Crippen LogP contribution in [0.2, 0.25) is 19.6 Å². The van der Waals surface area contributed by atoms with Gasteiger partial charge in [-0.15, -0.1) is 23.4 Å². The van der Waals surface area contributed by atoms with Gasteiger partial charge >= 0.3 is 5.97 Å². The Morgan fingerprint density at radius 3 is 2.78 bits per heavy atom. The van der Waals surface area contributed by atoms with Crippen LogP contribution < -0.4 is 5.73 Å². The molecule has 102 valence electrons. The van der Waals surface area contributed by atoms with Crippen LogP contribution in [-0.4, -0.2) is 53.7 Å². The van der Waals surface area contributed by atoms with Gasteiger partial charge in [0.2, 0.25) is 14.2 Å². The van der Waals surface area contributed by atoms with E-state index >= 15 is 0 Å². The highest BCUT2D eigenvalue weighted by Gasteiger charge is 2.56. The van der Waals surface area contributed by atoms with E-state index in [1.165, 1.54) is 11.8 Å². The number of fused-ring (bicyclic) bond motifs is 1. The lowest BCUT2D eigenvalue weighted by Gasteiger charge is -2.51. The second-order valence-electron chi connectivity index (χ2n) is 5.66. The predicted molar refractivity (Wildman–Crippen MR) is 74.0 cm³/mol. The highest BCUT2D eigenvalue weighted by atomic mass is 35.5. The number of nitrogens with two attached hydrogens (primary N) is 1. The minimum Gasteiger partial charge on any atom is -0.519 e. The van der Waals surface area contributed by atoms with Gasteiger partial charge in [0.05, 0.1) is 6.54 Å². The van der Waals surface area contributed by atoms with E-state index in [4.69, 9.17) is 21.8 Å². The Morgan fingerprint density at radius 2 is 2.22 bits per heavy atom. The van der Waals surface area contributed by atoms with Crippen molar-refractivity contribution < 1.29 is 14.0 Å². The van der Waals surface area contributed by atoms with Crippen molar-refractivity contribution in [2.24, 2.45) is 5.73 Å². The van der Waals surface area contributed by atoms with Gasteiger partial charge in [-0.1, -0.05) is 0 Å². The van der Waals surface area contributed by atoms with Gasteiger partial charge in [-0.3, -0.25) is 9.59 Å². The van der Waals surface area contributed by atoms with Crippen molar-refractivity contribution in [3.05, 3.63) is 0 Å². The molecule has 2 rings (SSSR count). The van der Waals surface area contributed by atoms with Gasteiger partial charge in [0.25, 0.3) is 0 Å². The number of alkyl halides is 1. The maximum Gasteiger partial charge on any atom is 0.316 e. The van der Waals surface area contributed by atoms with Gasteiger partial charge in [-0.05, 0) is 19.6 Å². The first-order valence-corrected chi connectivity index (χ1v) is 10.6. The van der Waals surface area contributed by atoms with Crippen LogP contribution in [-0.2, 0) is 14.0 Å². The lowest BCUT2D eigenvalue weighted by Crippen LogP contribution is -2.73. The van der Waals surface area contributed by atoms with Crippen LogP contribution in [0.5, 0.6) is 0 Å². The number of halogens is 1. The standard InChI is InChI=1S/C10H17ClN2O3SSi/c1-18(2,3)16-9(15)10(11)4-13-7(14)6(12)8(13)17-5-10/h6,8H,4-5,12H2,1-3H3/t6?,8-,10?/m1/s1. The molecule has 2 fully saturated rings. The van der Waals surface area contributed by atoms with Crippen LogP contribution in [0, 0.1) is 0 Å². The van der Waals surface area contributed by atoms with Crippen LogP contribution in [0.1, 0.15) is 0 Å². The summed E-state index contributed by atoms with van der Waals surface area (Å²) in [6.07, 6.45) is 0. The van der Waals surface area contributed by atoms with E-state index in [-0.39, 0.29) is 17.8 Å². The van der Waals surface area contributed by atoms with Gasteiger partial charge in [0.15, 0.2) is 4.87 Å². The third-order valence-electron chi connectivity index (χ3n) is 2.85. The van der Waals surface area contributed by atoms with Gasteiger partial charge in [-0.25, -0.2) is 0 Å². The summed E-state index contributed by atoms with van der Waals surface area (Å²) in [6, 6.07) is -0.454. The van der Waals surface area contributed by atoms with Crippen LogP contribution >= 0.6 is 23.4 Å². The van der Waals surface area contributed by atoms with E-state index in [1.54, 1.807) is 4.90 Å². The highest BCUT2D eigenvalue weighted by molar-refractivity contribution is 8.00. The fraction of sp³-hybridized carbons (Fsp3) is 0.800. The van der Waals surface area contributed by atoms with Gasteiger partial charge < -0.3 is 15.1 Å². The van der Waals surface area contributed by atoms with Crippen LogP contribution in [0.15, 0.2) is 0 Å². The number of rotatable bonds is 2. The van der Waals surface area contributed by atoms with E-state index < -0.39 is 25.2 Å². The lowest BCUT2D eigenvalue weighted by atomic mass is 10.0. The van der Waals surface area contributed by atoms with Crippen molar-refractivity contribution in [3.8, 4) is 0 Å².